The standard InChI is InChI=1S/C12H13F2IN2O2/c13-8-1-2-9(10(14)7-8)11(18)12(19)16-3-5-17(15)6-4-16/h1-2,7,11,18H,3-6H2. The van der Waals surface area contributed by atoms with Crippen molar-refractivity contribution in [3.63, 3.8) is 0 Å². The minimum atomic E-state index is -1.58. The van der Waals surface area contributed by atoms with E-state index in [1.165, 1.54) is 4.90 Å². The number of carbonyl (C=O) groups excluding carboxylic acids is 1. The Bertz CT molecular complexity index is 479. The molecule has 1 unspecified atom stereocenters. The first-order valence-electron chi connectivity index (χ1n) is 5.81. The van der Waals surface area contributed by atoms with Gasteiger partial charge in [-0.15, -0.1) is 0 Å². The number of amides is 1. The number of hydrogen-bond acceptors (Lipinski definition) is 3. The summed E-state index contributed by atoms with van der Waals surface area (Å²) in [5, 5.41) is 9.91. The summed E-state index contributed by atoms with van der Waals surface area (Å²) in [6.45, 7) is 2.37. The highest BCUT2D eigenvalue weighted by Gasteiger charge is 2.28. The fourth-order valence-electron chi connectivity index (χ4n) is 1.93. The molecule has 104 valence electrons. The Morgan fingerprint density at radius 1 is 1.26 bits per heavy atom. The number of piperazine rings is 1. The molecule has 0 saturated carbocycles. The van der Waals surface area contributed by atoms with Crippen LogP contribution >= 0.6 is 22.9 Å². The van der Waals surface area contributed by atoms with Gasteiger partial charge in [-0.2, -0.15) is 0 Å². The molecule has 0 bridgehead atoms. The van der Waals surface area contributed by atoms with Crippen LogP contribution in [-0.4, -0.2) is 45.2 Å². The Kier molecular flexibility index (Phi) is 4.69. The Morgan fingerprint density at radius 2 is 1.89 bits per heavy atom. The van der Waals surface area contributed by atoms with Crippen LogP contribution in [0, 0.1) is 11.6 Å². The molecule has 2 rings (SSSR count). The highest BCUT2D eigenvalue weighted by molar-refractivity contribution is 14.1. The molecule has 1 aromatic rings. The summed E-state index contributed by atoms with van der Waals surface area (Å²) in [5.41, 5.74) is -0.191. The van der Waals surface area contributed by atoms with Crippen molar-refractivity contribution in [1.82, 2.24) is 8.01 Å². The van der Waals surface area contributed by atoms with E-state index in [1.807, 2.05) is 3.11 Å². The third-order valence-electron chi connectivity index (χ3n) is 3.03. The number of carbonyl (C=O) groups is 1. The first kappa shape index (κ1) is 14.6. The second-order valence-electron chi connectivity index (χ2n) is 4.30. The maximum atomic E-state index is 13.5. The minimum Gasteiger partial charge on any atom is -0.378 e. The normalized spacial score (nSPS) is 18.4. The maximum Gasteiger partial charge on any atom is 0.256 e. The van der Waals surface area contributed by atoms with Gasteiger partial charge in [-0.1, -0.05) is 6.07 Å². The molecule has 4 nitrogen and oxygen atoms in total. The van der Waals surface area contributed by atoms with Crippen molar-refractivity contribution in [1.29, 1.82) is 0 Å². The van der Waals surface area contributed by atoms with Gasteiger partial charge in [-0.05, 0) is 6.07 Å². The summed E-state index contributed by atoms with van der Waals surface area (Å²) in [6, 6.07) is 2.79. The van der Waals surface area contributed by atoms with Crippen LogP contribution < -0.4 is 0 Å². The Morgan fingerprint density at radius 3 is 2.47 bits per heavy atom. The number of rotatable bonds is 2. The Balaban J connectivity index is 2.10. The van der Waals surface area contributed by atoms with E-state index in [1.54, 1.807) is 0 Å². The van der Waals surface area contributed by atoms with Gasteiger partial charge in [0.2, 0.25) is 0 Å². The lowest BCUT2D eigenvalue weighted by Gasteiger charge is -2.32. The molecule has 1 aromatic carbocycles. The monoisotopic (exact) mass is 382 g/mol. The highest BCUT2D eigenvalue weighted by Crippen LogP contribution is 2.21. The van der Waals surface area contributed by atoms with Gasteiger partial charge in [-0.25, -0.2) is 11.9 Å². The number of nitrogens with zero attached hydrogens (tertiary/aromatic N) is 2. The van der Waals surface area contributed by atoms with Crippen LogP contribution in [0.1, 0.15) is 11.7 Å². The average molecular weight is 382 g/mol. The maximum absolute atomic E-state index is 13.5. The van der Waals surface area contributed by atoms with Gasteiger partial charge in [-0.3, -0.25) is 4.79 Å². The van der Waals surface area contributed by atoms with Crippen molar-refractivity contribution in [2.75, 3.05) is 26.2 Å². The summed E-state index contributed by atoms with van der Waals surface area (Å²) in [6.07, 6.45) is -1.58. The first-order valence-corrected chi connectivity index (χ1v) is 6.78. The molecule has 1 heterocycles. The van der Waals surface area contributed by atoms with E-state index in [0.717, 1.165) is 12.1 Å². The largest absolute Gasteiger partial charge is 0.378 e. The van der Waals surface area contributed by atoms with Gasteiger partial charge in [0.15, 0.2) is 6.10 Å². The smallest absolute Gasteiger partial charge is 0.256 e. The summed E-state index contributed by atoms with van der Waals surface area (Å²) in [4.78, 5) is 13.5. The molecule has 0 radical (unpaired) electrons. The van der Waals surface area contributed by atoms with Crippen molar-refractivity contribution in [3.8, 4) is 0 Å². The fraction of sp³-hybridized carbons (Fsp3) is 0.417. The lowest BCUT2D eigenvalue weighted by Crippen LogP contribution is -2.47. The van der Waals surface area contributed by atoms with E-state index < -0.39 is 23.6 Å². The third-order valence-corrected chi connectivity index (χ3v) is 3.99. The summed E-state index contributed by atoms with van der Waals surface area (Å²) < 4.78 is 28.3. The molecule has 0 aromatic heterocycles. The van der Waals surface area contributed by atoms with E-state index >= 15 is 0 Å². The second-order valence-corrected chi connectivity index (χ2v) is 5.67. The highest BCUT2D eigenvalue weighted by atomic mass is 127. The molecular formula is C12H13F2IN2O2. The van der Waals surface area contributed by atoms with Gasteiger partial charge in [0.25, 0.3) is 5.91 Å². The summed E-state index contributed by atoms with van der Waals surface area (Å²) in [7, 11) is 0. The molecule has 1 saturated heterocycles. The molecule has 7 heteroatoms. The number of benzene rings is 1. The zero-order valence-electron chi connectivity index (χ0n) is 10.0. The number of hydrogen-bond donors (Lipinski definition) is 1. The quantitative estimate of drug-likeness (QED) is 0.623. The van der Waals surface area contributed by atoms with E-state index in [4.69, 9.17) is 0 Å². The number of aliphatic hydroxyl groups excluding tert-OH is 1. The third kappa shape index (κ3) is 3.40. The Labute approximate surface area is 123 Å². The number of aliphatic hydroxyl groups is 1. The summed E-state index contributed by atoms with van der Waals surface area (Å²) >= 11 is 2.16. The molecule has 1 fully saturated rings. The van der Waals surface area contributed by atoms with E-state index in [2.05, 4.69) is 22.9 Å². The molecule has 1 aliphatic heterocycles. The van der Waals surface area contributed by atoms with Crippen LogP contribution in [0.3, 0.4) is 0 Å². The fourth-order valence-corrected chi connectivity index (χ4v) is 2.36. The molecule has 0 aliphatic carbocycles. The lowest BCUT2D eigenvalue weighted by molar-refractivity contribution is -0.141. The molecule has 1 aliphatic rings. The van der Waals surface area contributed by atoms with Gasteiger partial charge in [0, 0.05) is 60.7 Å². The van der Waals surface area contributed by atoms with Gasteiger partial charge >= 0.3 is 0 Å². The topological polar surface area (TPSA) is 43.8 Å². The van der Waals surface area contributed by atoms with Crippen molar-refractivity contribution in [2.45, 2.75) is 6.10 Å². The summed E-state index contributed by atoms with van der Waals surface area (Å²) in [5.74, 6) is -2.19. The van der Waals surface area contributed by atoms with Gasteiger partial charge < -0.3 is 10.0 Å². The predicted octanol–water partition coefficient (Wildman–Crippen LogP) is 1.49. The molecule has 0 spiro atoms. The van der Waals surface area contributed by atoms with Crippen molar-refractivity contribution < 1.29 is 18.7 Å². The van der Waals surface area contributed by atoms with Crippen molar-refractivity contribution in [2.24, 2.45) is 0 Å². The zero-order valence-corrected chi connectivity index (χ0v) is 12.2. The zero-order chi connectivity index (χ0) is 14.0. The van der Waals surface area contributed by atoms with Crippen molar-refractivity contribution in [3.05, 3.63) is 35.4 Å². The minimum absolute atomic E-state index is 0.191. The lowest BCUT2D eigenvalue weighted by atomic mass is 10.1. The van der Waals surface area contributed by atoms with Crippen LogP contribution in [0.2, 0.25) is 0 Å². The molecule has 1 atom stereocenters. The van der Waals surface area contributed by atoms with Gasteiger partial charge in [0.1, 0.15) is 11.6 Å². The van der Waals surface area contributed by atoms with Crippen molar-refractivity contribution >= 4 is 28.8 Å². The molecule has 1 N–H and O–H groups in total. The Hall–Kier alpha value is -0.800. The van der Waals surface area contributed by atoms with Crippen LogP contribution in [0.15, 0.2) is 18.2 Å². The first-order chi connectivity index (χ1) is 8.99. The van der Waals surface area contributed by atoms with E-state index in [0.29, 0.717) is 32.2 Å². The second kappa shape index (κ2) is 6.10. The van der Waals surface area contributed by atoms with Crippen LogP contribution in [0.25, 0.3) is 0 Å². The average Bonchev–Trinajstić information content (AvgIpc) is 2.38. The molecule has 1 amide bonds. The molecular weight excluding hydrogens is 369 g/mol. The van der Waals surface area contributed by atoms with Crippen LogP contribution in [-0.2, 0) is 4.79 Å². The SMILES string of the molecule is O=C(C(O)c1ccc(F)cc1F)N1CCN(I)CC1. The predicted molar refractivity (Wildman–Crippen MR) is 73.5 cm³/mol. The van der Waals surface area contributed by atoms with Crippen LogP contribution in [0.4, 0.5) is 8.78 Å². The number of halogens is 3. The van der Waals surface area contributed by atoms with Gasteiger partial charge in [0.05, 0.1) is 0 Å². The molecule has 19 heavy (non-hydrogen) atoms. The van der Waals surface area contributed by atoms with E-state index in [9.17, 15) is 18.7 Å². The van der Waals surface area contributed by atoms with Crippen LogP contribution in [0.5, 0.6) is 0 Å². The van der Waals surface area contributed by atoms with E-state index in [-0.39, 0.29) is 5.56 Å².